The summed E-state index contributed by atoms with van der Waals surface area (Å²) in [6.45, 7) is 3.71. The van der Waals surface area contributed by atoms with Crippen LogP contribution >= 0.6 is 23.6 Å². The molecule has 0 aliphatic rings. The fraction of sp³-hybridized carbons (Fsp3) is 0.364. The molecule has 1 amide bonds. The Balaban J connectivity index is 0.00000324. The van der Waals surface area contributed by atoms with E-state index in [2.05, 4.69) is 14.7 Å². The number of carbonyl (C=O) groups excluding carboxylic acids is 1. The third-order valence-electron chi connectivity index (χ3n) is 2.25. The summed E-state index contributed by atoms with van der Waals surface area (Å²) in [6.07, 6.45) is 0.268. The Morgan fingerprint density at radius 2 is 2.00 bits per heavy atom. The van der Waals surface area contributed by atoms with Crippen LogP contribution in [0.5, 0.6) is 0 Å². The summed E-state index contributed by atoms with van der Waals surface area (Å²) in [5.41, 5.74) is 2.49. The zero-order chi connectivity index (χ0) is 13.5. The number of amides is 1. The van der Waals surface area contributed by atoms with Gasteiger partial charge in [-0.25, -0.2) is 0 Å². The largest absolute Gasteiger partial charge is 1.00 e. The van der Waals surface area contributed by atoms with Crippen LogP contribution in [0.1, 0.15) is 17.5 Å². The van der Waals surface area contributed by atoms with Gasteiger partial charge in [0, 0.05) is 22.9 Å². The molecule has 0 unspecified atom stereocenters. The van der Waals surface area contributed by atoms with Gasteiger partial charge in [0.05, 0.1) is 12.0 Å². The maximum atomic E-state index is 11.5. The van der Waals surface area contributed by atoms with E-state index in [0.717, 1.165) is 33.8 Å². The summed E-state index contributed by atoms with van der Waals surface area (Å²) in [7, 11) is 0. The van der Waals surface area contributed by atoms with Crippen molar-refractivity contribution in [3.8, 4) is 0 Å². The maximum Gasteiger partial charge on any atom is 1.00 e. The molecule has 0 fully saturated rings. The summed E-state index contributed by atoms with van der Waals surface area (Å²) < 4.78 is 4.25. The second kappa shape index (κ2) is 10.0. The van der Waals surface area contributed by atoms with Crippen LogP contribution in [0.15, 0.2) is 17.0 Å². The first kappa shape index (κ1) is 19.2. The van der Waals surface area contributed by atoms with Crippen molar-refractivity contribution >= 4 is 35.2 Å². The normalized spacial score (nSPS) is 9.89. The zero-order valence-corrected chi connectivity index (χ0v) is 14.6. The molecule has 1 aromatic carbocycles. The molecule has 0 atom stereocenters. The van der Waals surface area contributed by atoms with Gasteiger partial charge in [0.1, 0.15) is 0 Å². The molecule has 1 aromatic rings. The van der Waals surface area contributed by atoms with E-state index in [1.165, 1.54) is 0 Å². The monoisotopic (exact) mass is 313 g/mol. The minimum atomic E-state index is -0.129. The molecule has 19 heavy (non-hydrogen) atoms. The van der Waals surface area contributed by atoms with E-state index < -0.39 is 0 Å². The Morgan fingerprint density at radius 3 is 2.47 bits per heavy atom. The number of rotatable bonds is 6. The first-order valence-electron chi connectivity index (χ1n) is 5.18. The predicted octanol–water partition coefficient (Wildman–Crippen LogP) is -0.895. The number of aryl methyl sites for hydroxylation is 2. The van der Waals surface area contributed by atoms with Gasteiger partial charge in [0.25, 0.3) is 0 Å². The second-order valence-electron chi connectivity index (χ2n) is 3.64. The summed E-state index contributed by atoms with van der Waals surface area (Å²) in [5, 5.41) is 15.8. The van der Waals surface area contributed by atoms with E-state index in [-0.39, 0.29) is 47.8 Å². The van der Waals surface area contributed by atoms with Gasteiger partial charge >= 0.3 is 29.6 Å². The number of carbonyl (C=O) groups is 1. The topological polar surface area (TPSA) is 70.6 Å². The van der Waals surface area contributed by atoms with E-state index in [4.69, 9.17) is 11.6 Å². The molecular weight excluding hydrogens is 301 g/mol. The molecule has 1 N–H and O–H groups in total. The SMILES string of the molecule is Cc1cc(SOO[O-])cc(C)c1NC(=O)CCCl.[Na+]. The number of anilines is 1. The number of hydrogen-bond acceptors (Lipinski definition) is 5. The van der Waals surface area contributed by atoms with Crippen molar-refractivity contribution in [2.24, 2.45) is 0 Å². The Bertz CT molecular complexity index is 410. The Morgan fingerprint density at radius 1 is 1.42 bits per heavy atom. The van der Waals surface area contributed by atoms with E-state index >= 15 is 0 Å². The number of benzene rings is 1. The van der Waals surface area contributed by atoms with Crippen LogP contribution in [0.3, 0.4) is 0 Å². The fourth-order valence-corrected chi connectivity index (χ4v) is 2.24. The Hall–Kier alpha value is 0.210. The van der Waals surface area contributed by atoms with E-state index in [9.17, 15) is 10.1 Å². The first-order chi connectivity index (χ1) is 8.58. The van der Waals surface area contributed by atoms with Crippen molar-refractivity contribution in [3.63, 3.8) is 0 Å². The molecule has 1 rings (SSSR count). The third kappa shape index (κ3) is 6.46. The zero-order valence-electron chi connectivity index (χ0n) is 11.0. The molecule has 0 saturated heterocycles. The summed E-state index contributed by atoms with van der Waals surface area (Å²) in [6, 6.07) is 3.57. The Labute approximate surface area is 143 Å². The summed E-state index contributed by atoms with van der Waals surface area (Å²) in [5.74, 6) is 0.155. The first-order valence-corrected chi connectivity index (χ1v) is 6.46. The predicted molar refractivity (Wildman–Crippen MR) is 67.9 cm³/mol. The van der Waals surface area contributed by atoms with E-state index in [1.54, 1.807) is 12.1 Å². The van der Waals surface area contributed by atoms with Gasteiger partial charge in [-0.1, -0.05) is 0 Å². The van der Waals surface area contributed by atoms with Crippen LogP contribution in [-0.4, -0.2) is 11.8 Å². The van der Waals surface area contributed by atoms with Gasteiger partial charge in [0.15, 0.2) is 0 Å². The van der Waals surface area contributed by atoms with Gasteiger partial charge in [-0.3, -0.25) is 9.83 Å². The van der Waals surface area contributed by atoms with Crippen LogP contribution in [-0.2, 0) is 14.2 Å². The van der Waals surface area contributed by atoms with Gasteiger partial charge in [-0.2, -0.15) is 4.33 Å². The van der Waals surface area contributed by atoms with Crippen LogP contribution in [0.2, 0.25) is 0 Å². The molecule has 5 nitrogen and oxygen atoms in total. The average Bonchev–Trinajstić information content (AvgIpc) is 2.31. The quantitative estimate of drug-likeness (QED) is 0.242. The van der Waals surface area contributed by atoms with Crippen LogP contribution < -0.4 is 40.1 Å². The summed E-state index contributed by atoms with van der Waals surface area (Å²) in [4.78, 5) is 12.2. The Kier molecular flexibility index (Phi) is 10.1. The van der Waals surface area contributed by atoms with Gasteiger partial charge in [-0.15, -0.1) is 11.6 Å². The van der Waals surface area contributed by atoms with Crippen LogP contribution in [0.4, 0.5) is 5.69 Å². The number of nitrogens with one attached hydrogen (secondary N) is 1. The van der Waals surface area contributed by atoms with Crippen LogP contribution in [0.25, 0.3) is 0 Å². The van der Waals surface area contributed by atoms with E-state index in [1.807, 2.05) is 13.8 Å². The molecule has 0 bridgehead atoms. The molecule has 0 radical (unpaired) electrons. The molecule has 100 valence electrons. The van der Waals surface area contributed by atoms with Crippen molar-refractivity contribution in [1.82, 2.24) is 0 Å². The summed E-state index contributed by atoms with van der Waals surface area (Å²) >= 11 is 6.32. The smallest absolute Gasteiger partial charge is 0.691 e. The van der Waals surface area contributed by atoms with Gasteiger partial charge < -0.3 is 10.6 Å². The van der Waals surface area contributed by atoms with Crippen molar-refractivity contribution in [3.05, 3.63) is 23.3 Å². The van der Waals surface area contributed by atoms with Crippen molar-refractivity contribution in [2.45, 2.75) is 25.2 Å². The number of alkyl halides is 1. The third-order valence-corrected chi connectivity index (χ3v) is 2.99. The van der Waals surface area contributed by atoms with E-state index in [0.29, 0.717) is 0 Å². The van der Waals surface area contributed by atoms with Crippen molar-refractivity contribution < 1.29 is 49.0 Å². The van der Waals surface area contributed by atoms with Gasteiger partial charge in [-0.05, 0) is 37.1 Å². The molecule has 0 aromatic heterocycles. The minimum absolute atomic E-state index is 0. The second-order valence-corrected chi connectivity index (χ2v) is 4.79. The van der Waals surface area contributed by atoms with Crippen molar-refractivity contribution in [2.75, 3.05) is 11.2 Å². The van der Waals surface area contributed by atoms with Crippen LogP contribution in [0, 0.1) is 13.8 Å². The molecule has 0 spiro atoms. The number of hydrogen-bond donors (Lipinski definition) is 1. The molecule has 0 aliphatic carbocycles. The molecule has 0 saturated carbocycles. The molecule has 0 aliphatic heterocycles. The van der Waals surface area contributed by atoms with Crippen molar-refractivity contribution in [1.29, 1.82) is 0 Å². The fourth-order valence-electron chi connectivity index (χ4n) is 1.51. The number of halogens is 1. The molecular formula is C11H13ClNNaO4S. The molecule has 0 heterocycles. The average molecular weight is 314 g/mol. The van der Waals surface area contributed by atoms with Gasteiger partial charge in [0.2, 0.25) is 5.91 Å². The maximum absolute atomic E-state index is 11.5. The molecule has 8 heteroatoms. The standard InChI is InChI=1S/C11H14ClNO4S.Na/c1-7-5-9(18-17-16-15)6-8(2)11(7)13-10(14)3-4-12;/h5-6,15H,3-4H2,1-2H3,(H,13,14);/q;+1/p-1. The minimum Gasteiger partial charge on any atom is -0.691 e.